The number of benzene rings is 1. The summed E-state index contributed by atoms with van der Waals surface area (Å²) in [6, 6.07) is 6.57. The van der Waals surface area contributed by atoms with Crippen molar-refractivity contribution in [1.82, 2.24) is 4.72 Å². The van der Waals surface area contributed by atoms with Gasteiger partial charge in [-0.15, -0.1) is 12.3 Å². The molecule has 0 atom stereocenters. The lowest BCUT2D eigenvalue weighted by molar-refractivity contribution is 0.570. The van der Waals surface area contributed by atoms with Crippen LogP contribution in [-0.4, -0.2) is 21.0 Å². The first kappa shape index (κ1) is 15.5. The number of nitrogens with one attached hydrogen (secondary N) is 2. The Morgan fingerprint density at radius 1 is 1.26 bits per heavy atom. The zero-order valence-corrected chi connectivity index (χ0v) is 12.1. The Morgan fingerprint density at radius 2 is 1.89 bits per heavy atom. The Balaban J connectivity index is 2.64. The summed E-state index contributed by atoms with van der Waals surface area (Å²) in [6.07, 6.45) is 6.79. The minimum absolute atomic E-state index is 0.119. The lowest BCUT2D eigenvalue weighted by Crippen LogP contribution is -2.30. The summed E-state index contributed by atoms with van der Waals surface area (Å²) in [6.45, 7) is 4.36. The van der Waals surface area contributed by atoms with Gasteiger partial charge in [-0.25, -0.2) is 13.1 Å². The zero-order chi connectivity index (χ0) is 14.3. The van der Waals surface area contributed by atoms with Crippen molar-refractivity contribution in [2.75, 3.05) is 11.9 Å². The van der Waals surface area contributed by atoms with Gasteiger partial charge in [0.1, 0.15) is 0 Å². The lowest BCUT2D eigenvalue weighted by Gasteiger charge is -2.10. The van der Waals surface area contributed by atoms with Gasteiger partial charge >= 0.3 is 0 Å². The Hall–Kier alpha value is -1.51. The first-order valence-corrected chi connectivity index (χ1v) is 7.74. The van der Waals surface area contributed by atoms with Crippen LogP contribution >= 0.6 is 0 Å². The van der Waals surface area contributed by atoms with Crippen LogP contribution in [0.15, 0.2) is 29.2 Å². The molecule has 0 heterocycles. The average Bonchev–Trinajstić information content (AvgIpc) is 2.34. The van der Waals surface area contributed by atoms with Crippen molar-refractivity contribution in [3.8, 4) is 12.3 Å². The largest absolute Gasteiger partial charge is 0.385 e. The molecule has 0 aliphatic carbocycles. The molecule has 1 aromatic rings. The van der Waals surface area contributed by atoms with Crippen molar-refractivity contribution in [3.63, 3.8) is 0 Å². The standard InChI is InChI=1S/C14H20N2O2S/c1-4-5-6-11-15-13-7-9-14(10-8-13)19(17,18)16-12(2)3/h1,7-10,12,15-16H,5-6,11H2,2-3H3. The molecule has 4 nitrogen and oxygen atoms in total. The summed E-state index contributed by atoms with van der Waals surface area (Å²) in [5, 5.41) is 3.19. The normalized spacial score (nSPS) is 11.3. The van der Waals surface area contributed by atoms with Crippen molar-refractivity contribution in [2.24, 2.45) is 0 Å². The Morgan fingerprint density at radius 3 is 2.42 bits per heavy atom. The van der Waals surface area contributed by atoms with Crippen LogP contribution in [0, 0.1) is 12.3 Å². The minimum Gasteiger partial charge on any atom is -0.385 e. The van der Waals surface area contributed by atoms with Crippen LogP contribution in [0.5, 0.6) is 0 Å². The van der Waals surface area contributed by atoms with Gasteiger partial charge < -0.3 is 5.32 Å². The molecule has 0 saturated heterocycles. The highest BCUT2D eigenvalue weighted by atomic mass is 32.2. The molecule has 0 aliphatic rings. The molecule has 0 aromatic heterocycles. The predicted octanol–water partition coefficient (Wildman–Crippen LogP) is 2.20. The van der Waals surface area contributed by atoms with Crippen LogP contribution in [-0.2, 0) is 10.0 Å². The van der Waals surface area contributed by atoms with Crippen molar-refractivity contribution >= 4 is 15.7 Å². The van der Waals surface area contributed by atoms with Crippen molar-refractivity contribution in [1.29, 1.82) is 0 Å². The number of unbranched alkanes of at least 4 members (excludes halogenated alkanes) is 1. The van der Waals surface area contributed by atoms with E-state index in [-0.39, 0.29) is 10.9 Å². The Labute approximate surface area is 115 Å². The fourth-order valence-corrected chi connectivity index (χ4v) is 2.80. The molecule has 0 bridgehead atoms. The smallest absolute Gasteiger partial charge is 0.240 e. The quantitative estimate of drug-likeness (QED) is 0.594. The van der Waals surface area contributed by atoms with Crippen LogP contribution in [0.4, 0.5) is 5.69 Å². The third kappa shape index (κ3) is 5.33. The monoisotopic (exact) mass is 280 g/mol. The minimum atomic E-state index is -3.41. The lowest BCUT2D eigenvalue weighted by atomic mass is 10.3. The highest BCUT2D eigenvalue weighted by molar-refractivity contribution is 7.89. The molecule has 0 amide bonds. The first-order chi connectivity index (χ1) is 8.95. The van der Waals surface area contributed by atoms with E-state index in [2.05, 4.69) is 16.0 Å². The van der Waals surface area contributed by atoms with Crippen molar-refractivity contribution in [3.05, 3.63) is 24.3 Å². The SMILES string of the molecule is C#CCCCNc1ccc(S(=O)(=O)NC(C)C)cc1. The summed E-state index contributed by atoms with van der Waals surface area (Å²) in [5.74, 6) is 2.57. The molecule has 0 fully saturated rings. The van der Waals surface area contributed by atoms with Gasteiger partial charge in [-0.3, -0.25) is 0 Å². The van der Waals surface area contributed by atoms with Crippen LogP contribution in [0.3, 0.4) is 0 Å². The van der Waals surface area contributed by atoms with Gasteiger partial charge in [-0.2, -0.15) is 0 Å². The highest BCUT2D eigenvalue weighted by Gasteiger charge is 2.14. The maximum atomic E-state index is 11.9. The topological polar surface area (TPSA) is 58.2 Å². The number of sulfonamides is 1. The Bertz CT molecular complexity index is 528. The van der Waals surface area contributed by atoms with E-state index in [9.17, 15) is 8.42 Å². The van der Waals surface area contributed by atoms with Gasteiger partial charge in [0.25, 0.3) is 0 Å². The molecule has 0 saturated carbocycles. The predicted molar refractivity (Wildman–Crippen MR) is 78.5 cm³/mol. The fraction of sp³-hybridized carbons (Fsp3) is 0.429. The molecule has 104 valence electrons. The molecule has 5 heteroatoms. The second kappa shape index (κ2) is 7.17. The number of anilines is 1. The van der Waals surface area contributed by atoms with E-state index >= 15 is 0 Å². The number of terminal acetylenes is 1. The molecular weight excluding hydrogens is 260 g/mol. The van der Waals surface area contributed by atoms with Gasteiger partial charge in [0.05, 0.1) is 4.90 Å². The molecule has 0 radical (unpaired) electrons. The maximum absolute atomic E-state index is 11.9. The summed E-state index contributed by atoms with van der Waals surface area (Å²) < 4.78 is 26.3. The van der Waals surface area contributed by atoms with Gasteiger partial charge in [0.2, 0.25) is 10.0 Å². The van der Waals surface area contributed by atoms with Gasteiger partial charge in [-0.05, 0) is 44.5 Å². The van der Waals surface area contributed by atoms with Crippen LogP contribution < -0.4 is 10.0 Å². The molecule has 19 heavy (non-hydrogen) atoms. The van der Waals surface area contributed by atoms with Gasteiger partial charge in [0.15, 0.2) is 0 Å². The van der Waals surface area contributed by atoms with Crippen LogP contribution in [0.25, 0.3) is 0 Å². The average molecular weight is 280 g/mol. The van der Waals surface area contributed by atoms with Gasteiger partial charge in [-0.1, -0.05) is 0 Å². The molecule has 0 aliphatic heterocycles. The summed E-state index contributed by atoms with van der Waals surface area (Å²) in [5.41, 5.74) is 0.889. The molecule has 0 unspecified atom stereocenters. The van der Waals surface area contributed by atoms with E-state index in [0.717, 1.165) is 25.1 Å². The third-order valence-electron chi connectivity index (χ3n) is 2.38. The van der Waals surface area contributed by atoms with Crippen molar-refractivity contribution in [2.45, 2.75) is 37.6 Å². The molecule has 1 rings (SSSR count). The number of hydrogen-bond donors (Lipinski definition) is 2. The third-order valence-corrected chi connectivity index (χ3v) is 4.06. The maximum Gasteiger partial charge on any atom is 0.240 e. The highest BCUT2D eigenvalue weighted by Crippen LogP contribution is 2.14. The van der Waals surface area contributed by atoms with Crippen LogP contribution in [0.2, 0.25) is 0 Å². The fourth-order valence-electron chi connectivity index (χ4n) is 1.55. The van der Waals surface area contributed by atoms with E-state index in [4.69, 9.17) is 6.42 Å². The van der Waals surface area contributed by atoms with E-state index in [0.29, 0.717) is 0 Å². The number of rotatable bonds is 7. The molecule has 1 aromatic carbocycles. The molecular formula is C14H20N2O2S. The second-order valence-corrected chi connectivity index (χ2v) is 6.25. The summed E-state index contributed by atoms with van der Waals surface area (Å²) in [4.78, 5) is 0.273. The van der Waals surface area contributed by atoms with E-state index in [1.54, 1.807) is 38.1 Å². The summed E-state index contributed by atoms with van der Waals surface area (Å²) >= 11 is 0. The van der Waals surface area contributed by atoms with E-state index in [1.807, 2.05) is 0 Å². The van der Waals surface area contributed by atoms with E-state index < -0.39 is 10.0 Å². The second-order valence-electron chi connectivity index (χ2n) is 4.53. The van der Waals surface area contributed by atoms with Crippen LogP contribution in [0.1, 0.15) is 26.7 Å². The molecule has 0 spiro atoms. The molecule has 2 N–H and O–H groups in total. The first-order valence-electron chi connectivity index (χ1n) is 6.25. The van der Waals surface area contributed by atoms with E-state index in [1.165, 1.54) is 0 Å². The zero-order valence-electron chi connectivity index (χ0n) is 11.3. The summed E-state index contributed by atoms with van der Waals surface area (Å²) in [7, 11) is -3.41. The number of hydrogen-bond acceptors (Lipinski definition) is 3. The Kier molecular flexibility index (Phi) is 5.87. The van der Waals surface area contributed by atoms with Gasteiger partial charge in [0, 0.05) is 24.7 Å². The van der Waals surface area contributed by atoms with Crippen molar-refractivity contribution < 1.29 is 8.42 Å².